The highest BCUT2D eigenvalue weighted by Crippen LogP contribution is 2.02. The Bertz CT molecular complexity index is 285. The summed E-state index contributed by atoms with van der Waals surface area (Å²) in [6, 6.07) is 0.0921. The van der Waals surface area contributed by atoms with Crippen molar-refractivity contribution in [3.63, 3.8) is 0 Å². The molecule has 0 radical (unpaired) electrons. The SMILES string of the molecule is CNC1=CC(C)N=C(N(C)C#N)N1. The van der Waals surface area contributed by atoms with Gasteiger partial charge in [-0.1, -0.05) is 0 Å². The number of guanidine groups is 1. The smallest absolute Gasteiger partial charge is 0.213 e. The molecule has 1 aliphatic heterocycles. The van der Waals surface area contributed by atoms with Crippen molar-refractivity contribution in [2.75, 3.05) is 14.1 Å². The van der Waals surface area contributed by atoms with Gasteiger partial charge in [0.2, 0.25) is 5.96 Å². The van der Waals surface area contributed by atoms with Crippen LogP contribution in [-0.4, -0.2) is 31.0 Å². The van der Waals surface area contributed by atoms with Crippen LogP contribution in [0.1, 0.15) is 6.92 Å². The minimum absolute atomic E-state index is 0.0921. The molecule has 1 atom stereocenters. The van der Waals surface area contributed by atoms with Crippen molar-refractivity contribution in [1.82, 2.24) is 15.5 Å². The molecule has 0 amide bonds. The number of nitrogens with zero attached hydrogens (tertiary/aromatic N) is 3. The first-order chi connectivity index (χ1) is 6.17. The normalized spacial score (nSPS) is 20.6. The molecule has 2 N–H and O–H groups in total. The fraction of sp³-hybridized carbons (Fsp3) is 0.500. The molecule has 0 aromatic heterocycles. The maximum absolute atomic E-state index is 8.65. The quantitative estimate of drug-likeness (QED) is 0.432. The van der Waals surface area contributed by atoms with Crippen LogP contribution in [0.3, 0.4) is 0 Å². The lowest BCUT2D eigenvalue weighted by atomic mass is 10.3. The monoisotopic (exact) mass is 179 g/mol. The molecular formula is C8H13N5. The van der Waals surface area contributed by atoms with Crippen LogP contribution in [0.15, 0.2) is 16.9 Å². The van der Waals surface area contributed by atoms with Gasteiger partial charge < -0.3 is 10.6 Å². The molecule has 0 aromatic rings. The molecule has 1 unspecified atom stereocenters. The minimum Gasteiger partial charge on any atom is -0.375 e. The van der Waals surface area contributed by atoms with Gasteiger partial charge in [-0.15, -0.1) is 0 Å². The van der Waals surface area contributed by atoms with Gasteiger partial charge in [0.1, 0.15) is 5.82 Å². The van der Waals surface area contributed by atoms with Gasteiger partial charge in [-0.3, -0.25) is 4.90 Å². The highest BCUT2D eigenvalue weighted by molar-refractivity contribution is 5.83. The van der Waals surface area contributed by atoms with Gasteiger partial charge in [-0.05, 0) is 13.0 Å². The van der Waals surface area contributed by atoms with E-state index in [-0.39, 0.29) is 6.04 Å². The minimum atomic E-state index is 0.0921. The first kappa shape index (κ1) is 9.39. The Morgan fingerprint density at radius 2 is 2.46 bits per heavy atom. The Labute approximate surface area is 77.7 Å². The number of aliphatic imine (C=N–C) groups is 1. The van der Waals surface area contributed by atoms with Crippen LogP contribution in [-0.2, 0) is 0 Å². The summed E-state index contributed by atoms with van der Waals surface area (Å²) in [5, 5.41) is 14.6. The van der Waals surface area contributed by atoms with E-state index in [9.17, 15) is 0 Å². The third-order valence-electron chi connectivity index (χ3n) is 1.72. The molecule has 5 nitrogen and oxygen atoms in total. The summed E-state index contributed by atoms with van der Waals surface area (Å²) >= 11 is 0. The third kappa shape index (κ3) is 2.12. The van der Waals surface area contributed by atoms with Gasteiger partial charge in [0, 0.05) is 14.1 Å². The van der Waals surface area contributed by atoms with Crippen LogP contribution < -0.4 is 10.6 Å². The molecule has 70 valence electrons. The molecule has 0 saturated heterocycles. The van der Waals surface area contributed by atoms with E-state index in [1.165, 1.54) is 4.90 Å². The molecule has 5 heteroatoms. The van der Waals surface area contributed by atoms with Crippen molar-refractivity contribution in [2.45, 2.75) is 13.0 Å². The molecule has 0 spiro atoms. The summed E-state index contributed by atoms with van der Waals surface area (Å²) in [7, 11) is 3.48. The Morgan fingerprint density at radius 1 is 1.77 bits per heavy atom. The van der Waals surface area contributed by atoms with E-state index in [0.717, 1.165) is 5.82 Å². The lowest BCUT2D eigenvalue weighted by Crippen LogP contribution is -2.42. The molecule has 1 aliphatic rings. The third-order valence-corrected chi connectivity index (χ3v) is 1.72. The standard InChI is InChI=1S/C8H13N5/c1-6-4-7(10-2)12-8(11-6)13(3)5-9/h4,6,10H,1-3H3,(H,11,12). The summed E-state index contributed by atoms with van der Waals surface area (Å²) < 4.78 is 0. The van der Waals surface area contributed by atoms with Crippen LogP contribution in [0.4, 0.5) is 0 Å². The summed E-state index contributed by atoms with van der Waals surface area (Å²) in [6.07, 6.45) is 3.94. The fourth-order valence-corrected chi connectivity index (χ4v) is 1.03. The van der Waals surface area contributed by atoms with Gasteiger partial charge in [0.05, 0.1) is 6.04 Å². The van der Waals surface area contributed by atoms with Gasteiger partial charge in [0.25, 0.3) is 0 Å². The maximum Gasteiger partial charge on any atom is 0.213 e. The zero-order valence-electron chi connectivity index (χ0n) is 8.00. The maximum atomic E-state index is 8.65. The van der Waals surface area contributed by atoms with E-state index >= 15 is 0 Å². The number of hydrogen-bond acceptors (Lipinski definition) is 5. The summed E-state index contributed by atoms with van der Waals surface area (Å²) in [5.74, 6) is 1.45. The van der Waals surface area contributed by atoms with Crippen molar-refractivity contribution >= 4 is 5.96 Å². The van der Waals surface area contributed by atoms with Crippen molar-refractivity contribution in [3.8, 4) is 6.19 Å². The second kappa shape index (κ2) is 3.81. The lowest BCUT2D eigenvalue weighted by molar-refractivity contribution is 0.639. The molecule has 0 fully saturated rings. The first-order valence-corrected chi connectivity index (χ1v) is 4.05. The Balaban J connectivity index is 2.76. The first-order valence-electron chi connectivity index (χ1n) is 4.05. The van der Waals surface area contributed by atoms with E-state index in [1.807, 2.05) is 26.2 Å². The van der Waals surface area contributed by atoms with E-state index in [4.69, 9.17) is 5.26 Å². The summed E-state index contributed by atoms with van der Waals surface area (Å²) in [4.78, 5) is 5.63. The van der Waals surface area contributed by atoms with Crippen molar-refractivity contribution in [3.05, 3.63) is 11.9 Å². The largest absolute Gasteiger partial charge is 0.375 e. The molecule has 0 bridgehead atoms. The van der Waals surface area contributed by atoms with Crippen molar-refractivity contribution < 1.29 is 0 Å². The Kier molecular flexibility index (Phi) is 2.75. The molecule has 0 aromatic carbocycles. The van der Waals surface area contributed by atoms with Gasteiger partial charge >= 0.3 is 0 Å². The van der Waals surface area contributed by atoms with Crippen molar-refractivity contribution in [2.24, 2.45) is 4.99 Å². The van der Waals surface area contributed by atoms with E-state index in [1.54, 1.807) is 7.05 Å². The van der Waals surface area contributed by atoms with Gasteiger partial charge in [0.15, 0.2) is 6.19 Å². The predicted molar refractivity (Wildman–Crippen MR) is 50.6 cm³/mol. The number of rotatable bonds is 1. The highest BCUT2D eigenvalue weighted by Gasteiger charge is 2.13. The number of nitrogens with one attached hydrogen (secondary N) is 2. The topological polar surface area (TPSA) is 63.5 Å². The van der Waals surface area contributed by atoms with Crippen LogP contribution in [0.2, 0.25) is 0 Å². The average molecular weight is 179 g/mol. The van der Waals surface area contributed by atoms with E-state index < -0.39 is 0 Å². The average Bonchev–Trinajstić information content (AvgIpc) is 2.15. The summed E-state index contributed by atoms with van der Waals surface area (Å²) in [5.41, 5.74) is 0. The van der Waals surface area contributed by atoms with Crippen LogP contribution in [0, 0.1) is 11.5 Å². The second-order valence-corrected chi connectivity index (χ2v) is 2.81. The van der Waals surface area contributed by atoms with Crippen LogP contribution >= 0.6 is 0 Å². The Hall–Kier alpha value is -1.70. The summed E-state index contributed by atoms with van der Waals surface area (Å²) in [6.45, 7) is 1.96. The predicted octanol–water partition coefficient (Wildman–Crippen LogP) is -0.192. The zero-order chi connectivity index (χ0) is 9.84. The highest BCUT2D eigenvalue weighted by atomic mass is 15.3. The van der Waals surface area contributed by atoms with Crippen molar-refractivity contribution in [1.29, 1.82) is 5.26 Å². The fourth-order valence-electron chi connectivity index (χ4n) is 1.03. The molecule has 0 saturated carbocycles. The Morgan fingerprint density at radius 3 is 3.00 bits per heavy atom. The lowest BCUT2D eigenvalue weighted by Gasteiger charge is -2.22. The van der Waals surface area contributed by atoms with Gasteiger partial charge in [-0.25, -0.2) is 4.99 Å². The zero-order valence-corrected chi connectivity index (χ0v) is 8.00. The molecule has 0 aliphatic carbocycles. The van der Waals surface area contributed by atoms with Gasteiger partial charge in [-0.2, -0.15) is 5.26 Å². The molecule has 1 heterocycles. The van der Waals surface area contributed by atoms with E-state index in [0.29, 0.717) is 5.96 Å². The van der Waals surface area contributed by atoms with E-state index in [2.05, 4.69) is 15.6 Å². The number of hydrogen-bond donors (Lipinski definition) is 2. The van der Waals surface area contributed by atoms with Crippen LogP contribution in [0.25, 0.3) is 0 Å². The molecular weight excluding hydrogens is 166 g/mol. The number of nitriles is 1. The van der Waals surface area contributed by atoms with Crippen LogP contribution in [0.5, 0.6) is 0 Å². The molecule has 1 rings (SSSR count). The second-order valence-electron chi connectivity index (χ2n) is 2.81. The molecule has 13 heavy (non-hydrogen) atoms.